The van der Waals surface area contributed by atoms with Crippen molar-refractivity contribution in [2.24, 2.45) is 0 Å². The molecule has 0 spiro atoms. The molecule has 24 heavy (non-hydrogen) atoms. The third-order valence-corrected chi connectivity index (χ3v) is 4.44. The van der Waals surface area contributed by atoms with Gasteiger partial charge in [-0.1, -0.05) is 15.9 Å². The van der Waals surface area contributed by atoms with Gasteiger partial charge in [-0.05, 0) is 59.3 Å². The molecule has 0 bridgehead atoms. The summed E-state index contributed by atoms with van der Waals surface area (Å²) in [5, 5.41) is 2.87. The molecule has 0 unspecified atom stereocenters. The Kier molecular flexibility index (Phi) is 5.20. The van der Waals surface area contributed by atoms with Gasteiger partial charge in [0.05, 0.1) is 12.2 Å². The highest BCUT2D eigenvalue weighted by Crippen LogP contribution is 2.17. The molecular weight excluding hydrogens is 438 g/mol. The average Bonchev–Trinajstić information content (AvgIpc) is 2.88. The number of aryl methyl sites for hydroxylation is 1. The molecule has 2 aromatic heterocycles. The Morgan fingerprint density at radius 2 is 1.88 bits per heavy atom. The smallest absolute Gasteiger partial charge is 0.270 e. The Balaban J connectivity index is 1.62. The molecule has 3 rings (SSSR count). The third-order valence-electron chi connectivity index (χ3n) is 3.44. The molecule has 1 amide bonds. The van der Waals surface area contributed by atoms with Crippen LogP contribution in [0.15, 0.2) is 51.5 Å². The van der Waals surface area contributed by atoms with Crippen molar-refractivity contribution in [3.05, 3.63) is 62.9 Å². The Morgan fingerprint density at radius 1 is 1.17 bits per heavy atom. The zero-order chi connectivity index (χ0) is 17.1. The molecule has 3 aromatic rings. The average molecular weight is 453 g/mol. The van der Waals surface area contributed by atoms with E-state index >= 15 is 0 Å². The Bertz CT molecular complexity index is 875. The van der Waals surface area contributed by atoms with Crippen molar-refractivity contribution in [1.29, 1.82) is 0 Å². The number of ether oxygens (including phenoxy) is 1. The second-order valence-corrected chi connectivity index (χ2v) is 7.01. The molecule has 0 aliphatic carbocycles. The Morgan fingerprint density at radius 3 is 2.62 bits per heavy atom. The highest BCUT2D eigenvalue weighted by atomic mass is 79.9. The van der Waals surface area contributed by atoms with Crippen LogP contribution in [-0.4, -0.2) is 28.4 Å². The molecule has 0 radical (unpaired) electrons. The van der Waals surface area contributed by atoms with Gasteiger partial charge in [-0.25, -0.2) is 4.98 Å². The van der Waals surface area contributed by atoms with Gasteiger partial charge in [0, 0.05) is 15.1 Å². The van der Waals surface area contributed by atoms with Crippen molar-refractivity contribution in [3.63, 3.8) is 0 Å². The number of hydrogen-bond donors (Lipinski definition) is 1. The predicted octanol–water partition coefficient (Wildman–Crippen LogP) is 3.98. The SMILES string of the molecule is Cc1nc2ccc(Br)cn2c1C(=O)NCCOc1ccc(Br)cc1. The fraction of sp³-hybridized carbons (Fsp3) is 0.176. The van der Waals surface area contributed by atoms with Crippen LogP contribution < -0.4 is 10.1 Å². The van der Waals surface area contributed by atoms with Crippen LogP contribution in [-0.2, 0) is 0 Å². The van der Waals surface area contributed by atoms with Crippen molar-refractivity contribution >= 4 is 43.4 Å². The number of hydrogen-bond acceptors (Lipinski definition) is 3. The molecule has 2 heterocycles. The summed E-state index contributed by atoms with van der Waals surface area (Å²) in [6.07, 6.45) is 1.84. The van der Waals surface area contributed by atoms with Gasteiger partial charge >= 0.3 is 0 Å². The molecule has 1 aromatic carbocycles. The number of carbonyl (C=O) groups excluding carboxylic acids is 1. The van der Waals surface area contributed by atoms with Crippen LogP contribution >= 0.6 is 31.9 Å². The number of pyridine rings is 1. The number of imidazole rings is 1. The summed E-state index contributed by atoms with van der Waals surface area (Å²) < 4.78 is 9.27. The minimum atomic E-state index is -0.169. The lowest BCUT2D eigenvalue weighted by molar-refractivity contribution is 0.0940. The van der Waals surface area contributed by atoms with Crippen molar-refractivity contribution in [3.8, 4) is 5.75 Å². The summed E-state index contributed by atoms with van der Waals surface area (Å²) in [5.74, 6) is 0.597. The summed E-state index contributed by atoms with van der Waals surface area (Å²) in [6.45, 7) is 2.64. The van der Waals surface area contributed by atoms with Gasteiger partial charge in [-0.15, -0.1) is 0 Å². The van der Waals surface area contributed by atoms with Gasteiger partial charge < -0.3 is 10.1 Å². The first-order chi connectivity index (χ1) is 11.5. The van der Waals surface area contributed by atoms with Gasteiger partial charge in [-0.3, -0.25) is 9.20 Å². The second-order valence-electron chi connectivity index (χ2n) is 5.18. The monoisotopic (exact) mass is 451 g/mol. The molecule has 0 saturated carbocycles. The van der Waals surface area contributed by atoms with Crippen molar-refractivity contribution in [2.75, 3.05) is 13.2 Å². The topological polar surface area (TPSA) is 55.6 Å². The quantitative estimate of drug-likeness (QED) is 0.595. The van der Waals surface area contributed by atoms with Crippen LogP contribution in [0.25, 0.3) is 5.65 Å². The van der Waals surface area contributed by atoms with E-state index in [0.29, 0.717) is 24.5 Å². The van der Waals surface area contributed by atoms with Crippen LogP contribution in [0.2, 0.25) is 0 Å². The zero-order valence-electron chi connectivity index (χ0n) is 12.9. The number of nitrogens with one attached hydrogen (secondary N) is 1. The van der Waals surface area contributed by atoms with E-state index in [4.69, 9.17) is 4.74 Å². The number of aromatic nitrogens is 2. The number of benzene rings is 1. The van der Waals surface area contributed by atoms with Crippen LogP contribution in [0.4, 0.5) is 0 Å². The number of amides is 1. The number of fused-ring (bicyclic) bond motifs is 1. The maximum absolute atomic E-state index is 12.5. The van der Waals surface area contributed by atoms with Crippen LogP contribution in [0.3, 0.4) is 0 Å². The number of nitrogens with zero attached hydrogens (tertiary/aromatic N) is 2. The zero-order valence-corrected chi connectivity index (χ0v) is 16.1. The largest absolute Gasteiger partial charge is 0.492 e. The van der Waals surface area contributed by atoms with Crippen LogP contribution in [0.5, 0.6) is 5.75 Å². The first-order valence-corrected chi connectivity index (χ1v) is 8.94. The van der Waals surface area contributed by atoms with Gasteiger partial charge in [0.2, 0.25) is 0 Å². The predicted molar refractivity (Wildman–Crippen MR) is 99.6 cm³/mol. The van der Waals surface area contributed by atoms with E-state index in [0.717, 1.165) is 20.3 Å². The van der Waals surface area contributed by atoms with E-state index in [-0.39, 0.29) is 5.91 Å². The van der Waals surface area contributed by atoms with E-state index in [1.165, 1.54) is 0 Å². The lowest BCUT2D eigenvalue weighted by Crippen LogP contribution is -2.29. The van der Waals surface area contributed by atoms with E-state index in [2.05, 4.69) is 42.2 Å². The minimum absolute atomic E-state index is 0.169. The van der Waals surface area contributed by atoms with Gasteiger partial charge in [0.25, 0.3) is 5.91 Å². The van der Waals surface area contributed by atoms with Crippen molar-refractivity contribution in [2.45, 2.75) is 6.92 Å². The molecule has 0 aliphatic rings. The maximum Gasteiger partial charge on any atom is 0.270 e. The Labute approximate surface area is 156 Å². The highest BCUT2D eigenvalue weighted by Gasteiger charge is 2.16. The number of halogens is 2. The second kappa shape index (κ2) is 7.36. The van der Waals surface area contributed by atoms with Crippen molar-refractivity contribution < 1.29 is 9.53 Å². The minimum Gasteiger partial charge on any atom is -0.492 e. The molecule has 0 aliphatic heterocycles. The lowest BCUT2D eigenvalue weighted by Gasteiger charge is -2.08. The van der Waals surface area contributed by atoms with Crippen LogP contribution in [0.1, 0.15) is 16.2 Å². The van der Waals surface area contributed by atoms with Gasteiger partial charge in [-0.2, -0.15) is 0 Å². The summed E-state index contributed by atoms with van der Waals surface area (Å²) >= 11 is 6.79. The molecular formula is C17H15Br2N3O2. The summed E-state index contributed by atoms with van der Waals surface area (Å²) in [6, 6.07) is 11.3. The van der Waals surface area contributed by atoms with Crippen molar-refractivity contribution in [1.82, 2.24) is 14.7 Å². The van der Waals surface area contributed by atoms with Gasteiger partial charge in [0.1, 0.15) is 23.7 Å². The van der Waals surface area contributed by atoms with Crippen LogP contribution in [0, 0.1) is 6.92 Å². The summed E-state index contributed by atoms with van der Waals surface area (Å²) in [7, 11) is 0. The molecule has 0 atom stereocenters. The molecule has 7 heteroatoms. The number of carbonyl (C=O) groups is 1. The summed E-state index contributed by atoms with van der Waals surface area (Å²) in [5.41, 5.74) is 1.97. The summed E-state index contributed by atoms with van der Waals surface area (Å²) in [4.78, 5) is 16.9. The fourth-order valence-corrected chi connectivity index (χ4v) is 2.96. The molecule has 124 valence electrons. The molecule has 0 saturated heterocycles. The standard InChI is InChI=1S/C17H15Br2N3O2/c1-11-16(22-10-13(19)4-7-15(22)21-11)17(23)20-8-9-24-14-5-2-12(18)3-6-14/h2-7,10H,8-9H2,1H3,(H,20,23). The Hall–Kier alpha value is -1.86. The normalized spacial score (nSPS) is 10.8. The molecule has 0 fully saturated rings. The van der Waals surface area contributed by atoms with E-state index < -0.39 is 0 Å². The lowest BCUT2D eigenvalue weighted by atomic mass is 10.3. The maximum atomic E-state index is 12.5. The van der Waals surface area contributed by atoms with E-state index in [1.54, 1.807) is 4.40 Å². The number of rotatable bonds is 5. The molecule has 1 N–H and O–H groups in total. The highest BCUT2D eigenvalue weighted by molar-refractivity contribution is 9.10. The third kappa shape index (κ3) is 3.79. The first kappa shape index (κ1) is 17.0. The fourth-order valence-electron chi connectivity index (χ4n) is 2.36. The molecule has 5 nitrogen and oxygen atoms in total. The van der Waals surface area contributed by atoms with E-state index in [1.807, 2.05) is 49.5 Å². The van der Waals surface area contributed by atoms with Gasteiger partial charge in [0.15, 0.2) is 0 Å². The van der Waals surface area contributed by atoms with E-state index in [9.17, 15) is 4.79 Å². The first-order valence-electron chi connectivity index (χ1n) is 7.35.